The molecule has 110 valence electrons. The van der Waals surface area contributed by atoms with Crippen LogP contribution in [0.4, 0.5) is 5.69 Å². The van der Waals surface area contributed by atoms with Crippen LogP contribution in [0.25, 0.3) is 0 Å². The highest BCUT2D eigenvalue weighted by Gasteiger charge is 2.11. The average Bonchev–Trinajstić information content (AvgIpc) is 2.49. The Bertz CT molecular complexity index is 641. The molecule has 0 saturated carbocycles. The first kappa shape index (κ1) is 15.0. The third kappa shape index (κ3) is 3.79. The van der Waals surface area contributed by atoms with Crippen molar-refractivity contribution in [1.82, 2.24) is 5.32 Å². The van der Waals surface area contributed by atoms with E-state index in [1.54, 1.807) is 25.3 Å². The lowest BCUT2D eigenvalue weighted by atomic mass is 10.1. The van der Waals surface area contributed by atoms with Crippen LogP contribution in [-0.2, 0) is 13.1 Å². The standard InChI is InChI=1S/C16H18N2O3/c1-12-7-8-13(9-16(12)21-2)10-17-11-14-5-3-4-6-15(14)18(19)20/h3-9,17H,10-11H2,1-2H3. The van der Waals surface area contributed by atoms with E-state index in [2.05, 4.69) is 5.32 Å². The van der Waals surface area contributed by atoms with Gasteiger partial charge in [0.15, 0.2) is 0 Å². The summed E-state index contributed by atoms with van der Waals surface area (Å²) in [4.78, 5) is 10.6. The van der Waals surface area contributed by atoms with Crippen LogP contribution in [0.1, 0.15) is 16.7 Å². The largest absolute Gasteiger partial charge is 0.496 e. The summed E-state index contributed by atoms with van der Waals surface area (Å²) in [5.74, 6) is 0.847. The second kappa shape index (κ2) is 6.85. The van der Waals surface area contributed by atoms with Crippen LogP contribution in [0.3, 0.4) is 0 Å². The van der Waals surface area contributed by atoms with E-state index < -0.39 is 0 Å². The zero-order valence-corrected chi connectivity index (χ0v) is 12.1. The second-order valence-electron chi connectivity index (χ2n) is 4.79. The Morgan fingerprint density at radius 1 is 1.19 bits per heavy atom. The minimum absolute atomic E-state index is 0.145. The molecule has 0 aliphatic carbocycles. The molecule has 0 aromatic heterocycles. The zero-order valence-electron chi connectivity index (χ0n) is 12.1. The van der Waals surface area contributed by atoms with Gasteiger partial charge < -0.3 is 10.1 Å². The monoisotopic (exact) mass is 286 g/mol. The van der Waals surface area contributed by atoms with E-state index in [1.807, 2.05) is 25.1 Å². The fraction of sp³-hybridized carbons (Fsp3) is 0.250. The lowest BCUT2D eigenvalue weighted by molar-refractivity contribution is -0.385. The fourth-order valence-corrected chi connectivity index (χ4v) is 2.15. The molecular weight excluding hydrogens is 268 g/mol. The number of methoxy groups -OCH3 is 1. The smallest absolute Gasteiger partial charge is 0.273 e. The average molecular weight is 286 g/mol. The van der Waals surface area contributed by atoms with Gasteiger partial charge in [-0.05, 0) is 24.1 Å². The summed E-state index contributed by atoms with van der Waals surface area (Å²) in [5.41, 5.74) is 2.99. The van der Waals surface area contributed by atoms with Gasteiger partial charge in [0.05, 0.1) is 12.0 Å². The summed E-state index contributed by atoms with van der Waals surface area (Å²) in [7, 11) is 1.65. The van der Waals surface area contributed by atoms with E-state index in [4.69, 9.17) is 4.74 Å². The number of nitrogens with zero attached hydrogens (tertiary/aromatic N) is 1. The van der Waals surface area contributed by atoms with Crippen molar-refractivity contribution in [3.8, 4) is 5.75 Å². The van der Waals surface area contributed by atoms with Gasteiger partial charge in [-0.25, -0.2) is 0 Å². The second-order valence-corrected chi connectivity index (χ2v) is 4.79. The van der Waals surface area contributed by atoms with Gasteiger partial charge in [0.25, 0.3) is 5.69 Å². The van der Waals surface area contributed by atoms with Crippen LogP contribution in [0, 0.1) is 17.0 Å². The molecule has 21 heavy (non-hydrogen) atoms. The molecule has 0 amide bonds. The van der Waals surface area contributed by atoms with Crippen LogP contribution in [0.15, 0.2) is 42.5 Å². The Hall–Kier alpha value is -2.40. The van der Waals surface area contributed by atoms with Crippen molar-refractivity contribution in [2.24, 2.45) is 0 Å². The van der Waals surface area contributed by atoms with E-state index in [0.29, 0.717) is 18.7 Å². The van der Waals surface area contributed by atoms with E-state index in [9.17, 15) is 10.1 Å². The Morgan fingerprint density at radius 2 is 1.95 bits per heavy atom. The molecular formula is C16H18N2O3. The zero-order chi connectivity index (χ0) is 15.2. The molecule has 0 unspecified atom stereocenters. The molecule has 0 aliphatic heterocycles. The number of rotatable bonds is 6. The first-order valence-electron chi connectivity index (χ1n) is 6.68. The number of nitrogens with one attached hydrogen (secondary N) is 1. The topological polar surface area (TPSA) is 64.4 Å². The van der Waals surface area contributed by atoms with Crippen molar-refractivity contribution >= 4 is 5.69 Å². The van der Waals surface area contributed by atoms with Gasteiger partial charge in [0.2, 0.25) is 0 Å². The summed E-state index contributed by atoms with van der Waals surface area (Å²) < 4.78 is 5.28. The Labute approximate surface area is 123 Å². The minimum atomic E-state index is -0.355. The van der Waals surface area contributed by atoms with Crippen molar-refractivity contribution in [3.05, 3.63) is 69.3 Å². The summed E-state index contributed by atoms with van der Waals surface area (Å²) in [5, 5.41) is 14.2. The molecule has 2 aromatic rings. The molecule has 2 aromatic carbocycles. The van der Waals surface area contributed by atoms with Crippen LogP contribution in [0.5, 0.6) is 5.75 Å². The van der Waals surface area contributed by atoms with E-state index >= 15 is 0 Å². The van der Waals surface area contributed by atoms with Crippen molar-refractivity contribution < 1.29 is 9.66 Å². The molecule has 0 radical (unpaired) electrons. The SMILES string of the molecule is COc1cc(CNCc2ccccc2[N+](=O)[O-])ccc1C. The third-order valence-electron chi connectivity index (χ3n) is 3.31. The molecule has 5 nitrogen and oxygen atoms in total. The fourth-order valence-electron chi connectivity index (χ4n) is 2.15. The molecule has 5 heteroatoms. The quantitative estimate of drug-likeness (QED) is 0.654. The molecule has 0 saturated heterocycles. The lowest BCUT2D eigenvalue weighted by Gasteiger charge is -2.09. The summed E-state index contributed by atoms with van der Waals surface area (Å²) in [6, 6.07) is 12.8. The number of ether oxygens (including phenoxy) is 1. The Morgan fingerprint density at radius 3 is 2.67 bits per heavy atom. The predicted octanol–water partition coefficient (Wildman–Crippen LogP) is 3.20. The minimum Gasteiger partial charge on any atom is -0.496 e. The summed E-state index contributed by atoms with van der Waals surface area (Å²) in [6.07, 6.45) is 0. The number of benzene rings is 2. The van der Waals surface area contributed by atoms with Gasteiger partial charge in [-0.3, -0.25) is 10.1 Å². The van der Waals surface area contributed by atoms with Crippen molar-refractivity contribution in [2.75, 3.05) is 7.11 Å². The van der Waals surface area contributed by atoms with E-state index in [-0.39, 0.29) is 10.6 Å². The van der Waals surface area contributed by atoms with E-state index in [1.165, 1.54) is 6.07 Å². The number of para-hydroxylation sites is 1. The van der Waals surface area contributed by atoms with Crippen LogP contribution < -0.4 is 10.1 Å². The van der Waals surface area contributed by atoms with Gasteiger partial charge in [0, 0.05) is 24.7 Å². The summed E-state index contributed by atoms with van der Waals surface area (Å²) >= 11 is 0. The molecule has 0 bridgehead atoms. The first-order chi connectivity index (χ1) is 10.1. The maximum atomic E-state index is 10.9. The van der Waals surface area contributed by atoms with Crippen LogP contribution in [-0.4, -0.2) is 12.0 Å². The van der Waals surface area contributed by atoms with Gasteiger partial charge in [-0.1, -0.05) is 30.3 Å². The van der Waals surface area contributed by atoms with Crippen LogP contribution in [0.2, 0.25) is 0 Å². The maximum absolute atomic E-state index is 10.9. The van der Waals surface area contributed by atoms with Gasteiger partial charge in [-0.2, -0.15) is 0 Å². The molecule has 2 rings (SSSR count). The van der Waals surface area contributed by atoms with Gasteiger partial charge >= 0.3 is 0 Å². The molecule has 0 aliphatic rings. The first-order valence-corrected chi connectivity index (χ1v) is 6.68. The van der Waals surface area contributed by atoms with Crippen molar-refractivity contribution in [2.45, 2.75) is 20.0 Å². The Balaban J connectivity index is 2.00. The Kier molecular flexibility index (Phi) is 4.90. The number of hydrogen-bond acceptors (Lipinski definition) is 4. The van der Waals surface area contributed by atoms with Crippen molar-refractivity contribution in [3.63, 3.8) is 0 Å². The lowest BCUT2D eigenvalue weighted by Crippen LogP contribution is -2.14. The maximum Gasteiger partial charge on any atom is 0.273 e. The highest BCUT2D eigenvalue weighted by atomic mass is 16.6. The summed E-state index contributed by atoms with van der Waals surface area (Å²) in [6.45, 7) is 3.07. The van der Waals surface area contributed by atoms with Gasteiger partial charge in [-0.15, -0.1) is 0 Å². The van der Waals surface area contributed by atoms with Crippen LogP contribution >= 0.6 is 0 Å². The highest BCUT2D eigenvalue weighted by Crippen LogP contribution is 2.20. The molecule has 0 spiro atoms. The number of hydrogen-bond donors (Lipinski definition) is 1. The van der Waals surface area contributed by atoms with Crippen molar-refractivity contribution in [1.29, 1.82) is 0 Å². The van der Waals surface area contributed by atoms with E-state index in [0.717, 1.165) is 16.9 Å². The third-order valence-corrected chi connectivity index (χ3v) is 3.31. The highest BCUT2D eigenvalue weighted by molar-refractivity contribution is 5.40. The predicted molar refractivity (Wildman–Crippen MR) is 81.4 cm³/mol. The molecule has 0 fully saturated rings. The number of aryl methyl sites for hydroxylation is 1. The number of nitro groups is 1. The normalized spacial score (nSPS) is 10.4. The molecule has 0 atom stereocenters. The number of nitro benzene ring substituents is 1. The molecule has 0 heterocycles. The molecule has 1 N–H and O–H groups in total. The van der Waals surface area contributed by atoms with Gasteiger partial charge in [0.1, 0.15) is 5.75 Å².